The van der Waals surface area contributed by atoms with Crippen molar-refractivity contribution < 1.29 is 9.53 Å². The van der Waals surface area contributed by atoms with Gasteiger partial charge in [-0.3, -0.25) is 14.2 Å². The molecule has 22 heavy (non-hydrogen) atoms. The molecule has 1 aliphatic rings. The lowest BCUT2D eigenvalue weighted by Gasteiger charge is -2.26. The van der Waals surface area contributed by atoms with Gasteiger partial charge in [-0.2, -0.15) is 0 Å². The Morgan fingerprint density at radius 1 is 1.45 bits per heavy atom. The molecular formula is C14H18N4O3S. The molecule has 0 bridgehead atoms. The Balaban J connectivity index is 1.77. The summed E-state index contributed by atoms with van der Waals surface area (Å²) < 4.78 is 6.72. The van der Waals surface area contributed by atoms with E-state index in [1.807, 2.05) is 13.0 Å². The van der Waals surface area contributed by atoms with Crippen LogP contribution in [-0.2, 0) is 16.6 Å². The molecule has 1 fully saturated rings. The minimum Gasteiger partial charge on any atom is -0.378 e. The van der Waals surface area contributed by atoms with Gasteiger partial charge in [-0.25, -0.2) is 4.98 Å². The molecule has 3 rings (SSSR count). The molecule has 0 atom stereocenters. The fraction of sp³-hybridized carbons (Fsp3) is 0.500. The van der Waals surface area contributed by atoms with E-state index >= 15 is 0 Å². The first-order valence-electron chi connectivity index (χ1n) is 7.11. The van der Waals surface area contributed by atoms with Gasteiger partial charge in [0.25, 0.3) is 5.56 Å². The zero-order valence-corrected chi connectivity index (χ0v) is 13.4. The summed E-state index contributed by atoms with van der Waals surface area (Å²) in [5.74, 6) is 0.322. The monoisotopic (exact) mass is 322 g/mol. The number of nitrogens with zero attached hydrogens (tertiary/aromatic N) is 3. The van der Waals surface area contributed by atoms with E-state index in [0.29, 0.717) is 42.5 Å². The number of H-pyrrole nitrogens is 1. The lowest BCUT2D eigenvalue weighted by atomic mass is 10.4. The number of hydrogen-bond donors (Lipinski definition) is 1. The van der Waals surface area contributed by atoms with Gasteiger partial charge in [0.15, 0.2) is 5.16 Å². The largest absolute Gasteiger partial charge is 0.378 e. The Labute approximate surface area is 131 Å². The summed E-state index contributed by atoms with van der Waals surface area (Å²) in [6.45, 7) is 4.31. The van der Waals surface area contributed by atoms with Crippen LogP contribution in [0.5, 0.6) is 0 Å². The normalized spacial score (nSPS) is 15.5. The van der Waals surface area contributed by atoms with Crippen molar-refractivity contribution in [3.05, 3.63) is 22.1 Å². The Morgan fingerprint density at radius 3 is 2.91 bits per heavy atom. The Morgan fingerprint density at radius 2 is 2.18 bits per heavy atom. The Bertz CT molecular complexity index is 761. The highest BCUT2D eigenvalue weighted by molar-refractivity contribution is 7.99. The predicted molar refractivity (Wildman–Crippen MR) is 84.2 cm³/mol. The number of carbonyl (C=O) groups excluding carboxylic acids is 1. The summed E-state index contributed by atoms with van der Waals surface area (Å²) in [5, 5.41) is 0.554. The van der Waals surface area contributed by atoms with Crippen LogP contribution in [-0.4, -0.2) is 57.4 Å². The molecule has 1 saturated heterocycles. The maximum absolute atomic E-state index is 12.3. The number of morpholine rings is 1. The summed E-state index contributed by atoms with van der Waals surface area (Å²) >= 11 is 1.29. The van der Waals surface area contributed by atoms with Gasteiger partial charge in [0, 0.05) is 25.8 Å². The summed E-state index contributed by atoms with van der Waals surface area (Å²) in [5.41, 5.74) is 1.91. The number of amides is 1. The number of aryl methyl sites for hydroxylation is 1. The molecule has 1 amide bonds. The second-order valence-electron chi connectivity index (χ2n) is 5.25. The molecule has 0 unspecified atom stereocenters. The number of ether oxygens (including phenoxy) is 1. The summed E-state index contributed by atoms with van der Waals surface area (Å²) in [6, 6.07) is 1.84. The van der Waals surface area contributed by atoms with E-state index < -0.39 is 0 Å². The van der Waals surface area contributed by atoms with Crippen molar-refractivity contribution in [2.75, 3.05) is 32.1 Å². The molecule has 1 aliphatic heterocycles. The van der Waals surface area contributed by atoms with Gasteiger partial charge >= 0.3 is 0 Å². The zero-order valence-electron chi connectivity index (χ0n) is 12.6. The third kappa shape index (κ3) is 2.89. The minimum atomic E-state index is -0.126. The molecule has 118 valence electrons. The number of fused-ring (bicyclic) bond motifs is 1. The SMILES string of the molecule is Cc1cc2nc(SCC(=O)N3CCOCC3)n(C)c(=O)c2[nH]1. The molecule has 0 aromatic carbocycles. The highest BCUT2D eigenvalue weighted by atomic mass is 32.2. The van der Waals surface area contributed by atoms with E-state index in [2.05, 4.69) is 9.97 Å². The van der Waals surface area contributed by atoms with Crippen LogP contribution >= 0.6 is 11.8 Å². The third-order valence-corrected chi connectivity index (χ3v) is 4.66. The van der Waals surface area contributed by atoms with Gasteiger partial charge in [-0.1, -0.05) is 11.8 Å². The van der Waals surface area contributed by atoms with Gasteiger partial charge in [0.1, 0.15) is 5.52 Å². The molecule has 0 radical (unpaired) electrons. The van der Waals surface area contributed by atoms with Crippen molar-refractivity contribution in [2.45, 2.75) is 12.1 Å². The standard InChI is InChI=1S/C14H18N4O3S/c1-9-7-10-12(15-9)13(20)17(2)14(16-10)22-8-11(19)18-3-5-21-6-4-18/h7,15H,3-6,8H2,1-2H3. The lowest BCUT2D eigenvalue weighted by Crippen LogP contribution is -2.41. The van der Waals surface area contributed by atoms with Crippen molar-refractivity contribution in [1.29, 1.82) is 0 Å². The second-order valence-corrected chi connectivity index (χ2v) is 6.20. The molecule has 2 aromatic heterocycles. The van der Waals surface area contributed by atoms with Crippen molar-refractivity contribution in [3.63, 3.8) is 0 Å². The summed E-state index contributed by atoms with van der Waals surface area (Å²) in [6.07, 6.45) is 0. The Hall–Kier alpha value is -1.80. The predicted octanol–water partition coefficient (Wildman–Crippen LogP) is 0.521. The van der Waals surface area contributed by atoms with E-state index in [-0.39, 0.29) is 17.2 Å². The van der Waals surface area contributed by atoms with E-state index in [1.54, 1.807) is 11.9 Å². The highest BCUT2D eigenvalue weighted by Gasteiger charge is 2.18. The van der Waals surface area contributed by atoms with E-state index in [1.165, 1.54) is 16.3 Å². The average molecular weight is 322 g/mol. The molecule has 0 aliphatic carbocycles. The van der Waals surface area contributed by atoms with Crippen molar-refractivity contribution >= 4 is 28.7 Å². The molecule has 7 nitrogen and oxygen atoms in total. The first-order chi connectivity index (χ1) is 10.6. The Kier molecular flexibility index (Phi) is 4.21. The second kappa shape index (κ2) is 6.13. The molecule has 3 heterocycles. The number of aromatic nitrogens is 3. The van der Waals surface area contributed by atoms with E-state index in [4.69, 9.17) is 4.74 Å². The molecule has 8 heteroatoms. The van der Waals surface area contributed by atoms with Crippen molar-refractivity contribution in [1.82, 2.24) is 19.4 Å². The van der Waals surface area contributed by atoms with Gasteiger partial charge < -0.3 is 14.6 Å². The van der Waals surface area contributed by atoms with Crippen LogP contribution in [0, 0.1) is 6.92 Å². The van der Waals surface area contributed by atoms with Crippen LogP contribution in [0.2, 0.25) is 0 Å². The first kappa shape index (κ1) is 15.1. The summed E-state index contributed by atoms with van der Waals surface area (Å²) in [4.78, 5) is 33.7. The van der Waals surface area contributed by atoms with E-state index in [9.17, 15) is 9.59 Å². The number of thioether (sulfide) groups is 1. The van der Waals surface area contributed by atoms with Crippen LogP contribution in [0.25, 0.3) is 11.0 Å². The molecule has 0 spiro atoms. The van der Waals surface area contributed by atoms with Crippen LogP contribution < -0.4 is 5.56 Å². The van der Waals surface area contributed by atoms with Gasteiger partial charge in [-0.15, -0.1) is 0 Å². The van der Waals surface area contributed by atoms with Crippen LogP contribution in [0.3, 0.4) is 0 Å². The van der Waals surface area contributed by atoms with Crippen molar-refractivity contribution in [2.24, 2.45) is 7.05 Å². The van der Waals surface area contributed by atoms with Crippen LogP contribution in [0.4, 0.5) is 0 Å². The van der Waals surface area contributed by atoms with Crippen LogP contribution in [0.15, 0.2) is 16.0 Å². The maximum Gasteiger partial charge on any atom is 0.278 e. The lowest BCUT2D eigenvalue weighted by molar-refractivity contribution is -0.132. The average Bonchev–Trinajstić information content (AvgIpc) is 2.90. The maximum atomic E-state index is 12.3. The quantitative estimate of drug-likeness (QED) is 0.658. The minimum absolute atomic E-state index is 0.0490. The topological polar surface area (TPSA) is 80.2 Å². The van der Waals surface area contributed by atoms with Gasteiger partial charge in [0.05, 0.1) is 24.5 Å². The third-order valence-electron chi connectivity index (χ3n) is 3.64. The fourth-order valence-corrected chi connectivity index (χ4v) is 3.29. The number of nitrogens with one attached hydrogen (secondary N) is 1. The number of aromatic amines is 1. The van der Waals surface area contributed by atoms with E-state index in [0.717, 1.165) is 5.69 Å². The zero-order chi connectivity index (χ0) is 15.7. The smallest absolute Gasteiger partial charge is 0.278 e. The van der Waals surface area contributed by atoms with Crippen LogP contribution in [0.1, 0.15) is 5.69 Å². The molecule has 2 aromatic rings. The number of carbonyl (C=O) groups is 1. The molecule has 1 N–H and O–H groups in total. The number of hydrogen-bond acceptors (Lipinski definition) is 5. The first-order valence-corrected chi connectivity index (χ1v) is 8.09. The van der Waals surface area contributed by atoms with Gasteiger partial charge in [0.2, 0.25) is 5.91 Å². The number of rotatable bonds is 3. The van der Waals surface area contributed by atoms with Crippen molar-refractivity contribution in [3.8, 4) is 0 Å². The van der Waals surface area contributed by atoms with Gasteiger partial charge in [-0.05, 0) is 13.0 Å². The highest BCUT2D eigenvalue weighted by Crippen LogP contribution is 2.18. The summed E-state index contributed by atoms with van der Waals surface area (Å²) in [7, 11) is 1.67. The fourth-order valence-electron chi connectivity index (χ4n) is 2.42. The molecule has 0 saturated carbocycles. The molecular weight excluding hydrogens is 304 g/mol.